The number of hydrogen-bond donors (Lipinski definition) is 3. The van der Waals surface area contributed by atoms with Crippen LogP contribution in [0.3, 0.4) is 0 Å². The van der Waals surface area contributed by atoms with E-state index in [2.05, 4.69) is 4.98 Å². The lowest BCUT2D eigenvalue weighted by molar-refractivity contribution is -0.921. The fourth-order valence-corrected chi connectivity index (χ4v) is 3.07. The van der Waals surface area contributed by atoms with Gasteiger partial charge in [0.1, 0.15) is 50.8 Å². The Bertz CT molecular complexity index is 490. The van der Waals surface area contributed by atoms with Crippen LogP contribution in [0.2, 0.25) is 0 Å². The van der Waals surface area contributed by atoms with E-state index >= 15 is 0 Å². The molecule has 0 aliphatic carbocycles. The van der Waals surface area contributed by atoms with Crippen LogP contribution >= 0.6 is 0 Å². The van der Waals surface area contributed by atoms with Gasteiger partial charge in [-0.25, -0.2) is 4.57 Å². The smallest absolute Gasteiger partial charge is 0.391 e. The summed E-state index contributed by atoms with van der Waals surface area (Å²) in [5.74, 6) is -0.302. The van der Waals surface area contributed by atoms with E-state index in [1.54, 1.807) is 0 Å². The molecule has 21 heavy (non-hydrogen) atoms. The minimum absolute atomic E-state index is 0.0232. The maximum atomic E-state index is 10.8. The lowest BCUT2D eigenvalue weighted by Crippen LogP contribution is -2.53. The number of nitro groups is 1. The summed E-state index contributed by atoms with van der Waals surface area (Å²) in [6.45, 7) is 2.02. The van der Waals surface area contributed by atoms with Gasteiger partial charge in [0.25, 0.3) is 0 Å². The minimum Gasteiger partial charge on any atom is -0.391 e. The highest BCUT2D eigenvalue weighted by molar-refractivity contribution is 5.06. The Hall–Kier alpha value is -1.55. The van der Waals surface area contributed by atoms with Crippen LogP contribution in [0.25, 0.3) is 0 Å². The molecular weight excluding hydrogens is 280 g/mol. The molecule has 0 saturated carbocycles. The zero-order chi connectivity index (χ0) is 15.5. The molecule has 2 rings (SSSR count). The van der Waals surface area contributed by atoms with Gasteiger partial charge in [-0.1, -0.05) is 4.98 Å². The second-order valence-corrected chi connectivity index (χ2v) is 5.61. The molecule has 1 aromatic rings. The van der Waals surface area contributed by atoms with Crippen molar-refractivity contribution < 1.29 is 24.7 Å². The van der Waals surface area contributed by atoms with Crippen molar-refractivity contribution in [1.29, 1.82) is 0 Å². The average molecular weight is 301 g/mol. The molecule has 0 amide bonds. The molecule has 0 spiro atoms. The highest BCUT2D eigenvalue weighted by Crippen LogP contribution is 2.21. The Morgan fingerprint density at radius 1 is 1.62 bits per heavy atom. The first-order valence-corrected chi connectivity index (χ1v) is 6.93. The van der Waals surface area contributed by atoms with Gasteiger partial charge in [0, 0.05) is 6.42 Å². The van der Waals surface area contributed by atoms with Gasteiger partial charge in [0.15, 0.2) is 0 Å². The van der Waals surface area contributed by atoms with Gasteiger partial charge in [-0.3, -0.25) is 0 Å². The van der Waals surface area contributed by atoms with Crippen molar-refractivity contribution in [1.82, 2.24) is 9.55 Å². The molecule has 2 heterocycles. The molecule has 3 N–H and O–H groups in total. The van der Waals surface area contributed by atoms with Crippen LogP contribution < -0.4 is 0 Å². The Balaban J connectivity index is 2.01. The summed E-state index contributed by atoms with van der Waals surface area (Å²) in [6, 6.07) is 0. The van der Waals surface area contributed by atoms with Gasteiger partial charge in [-0.15, -0.1) is 0 Å². The van der Waals surface area contributed by atoms with Gasteiger partial charge in [0.2, 0.25) is 0 Å². The van der Waals surface area contributed by atoms with Gasteiger partial charge in [-0.2, -0.15) is 0 Å². The predicted octanol–water partition coefficient (Wildman–Crippen LogP) is -1.27. The molecule has 118 valence electrons. The molecule has 3 unspecified atom stereocenters. The lowest BCUT2D eigenvalue weighted by atomic mass is 10.2. The van der Waals surface area contributed by atoms with E-state index in [0.29, 0.717) is 37.1 Å². The molecular formula is C12H21N4O5+. The number of nitrogens with zero attached hydrogens (tertiary/aromatic N) is 4. The van der Waals surface area contributed by atoms with Crippen molar-refractivity contribution in [3.8, 4) is 0 Å². The molecule has 1 aromatic heterocycles. The Morgan fingerprint density at radius 2 is 2.38 bits per heavy atom. The van der Waals surface area contributed by atoms with Crippen molar-refractivity contribution in [2.24, 2.45) is 0 Å². The van der Waals surface area contributed by atoms with Crippen molar-refractivity contribution in [2.45, 2.75) is 25.2 Å². The normalized spacial score (nSPS) is 26.9. The number of aliphatic hydroxyl groups excluding tert-OH is 3. The van der Waals surface area contributed by atoms with E-state index in [1.165, 1.54) is 17.0 Å². The van der Waals surface area contributed by atoms with Crippen molar-refractivity contribution in [3.63, 3.8) is 0 Å². The third-order valence-electron chi connectivity index (χ3n) is 3.97. The molecule has 0 bridgehead atoms. The van der Waals surface area contributed by atoms with Gasteiger partial charge >= 0.3 is 5.95 Å². The summed E-state index contributed by atoms with van der Waals surface area (Å²) in [4.78, 5) is 13.8. The third-order valence-corrected chi connectivity index (χ3v) is 3.97. The van der Waals surface area contributed by atoms with Crippen LogP contribution in [-0.4, -0.2) is 79.3 Å². The van der Waals surface area contributed by atoms with Crippen molar-refractivity contribution in [3.05, 3.63) is 22.5 Å². The highest BCUT2D eigenvalue weighted by atomic mass is 16.6. The highest BCUT2D eigenvalue weighted by Gasteiger charge is 2.39. The number of hydrogen-bond acceptors (Lipinski definition) is 6. The zero-order valence-electron chi connectivity index (χ0n) is 11.7. The molecule has 0 aromatic carbocycles. The van der Waals surface area contributed by atoms with E-state index in [0.717, 1.165) is 0 Å². The summed E-state index contributed by atoms with van der Waals surface area (Å²) in [6.07, 6.45) is 2.18. The van der Waals surface area contributed by atoms with Crippen molar-refractivity contribution >= 4 is 5.95 Å². The Morgan fingerprint density at radius 3 is 2.95 bits per heavy atom. The van der Waals surface area contributed by atoms with Crippen molar-refractivity contribution in [2.75, 3.05) is 32.8 Å². The number of imidazole rings is 1. The van der Waals surface area contributed by atoms with Crippen LogP contribution in [0.15, 0.2) is 12.4 Å². The second kappa shape index (κ2) is 6.48. The van der Waals surface area contributed by atoms with Crippen LogP contribution in [0.1, 0.15) is 6.42 Å². The van der Waals surface area contributed by atoms with E-state index < -0.39 is 17.1 Å². The summed E-state index contributed by atoms with van der Waals surface area (Å²) in [5, 5.41) is 39.9. The Kier molecular flexibility index (Phi) is 4.88. The van der Waals surface area contributed by atoms with E-state index in [4.69, 9.17) is 0 Å². The first kappa shape index (κ1) is 15.8. The SMILES string of the molecule is O=[N+]([O-])c1nccn1CC(O)C[N+]1(CCO)CCC(O)C1. The monoisotopic (exact) mass is 301 g/mol. The second-order valence-electron chi connectivity index (χ2n) is 5.61. The molecule has 0 radical (unpaired) electrons. The first-order chi connectivity index (χ1) is 9.96. The summed E-state index contributed by atoms with van der Waals surface area (Å²) in [7, 11) is 0. The quantitative estimate of drug-likeness (QED) is 0.328. The molecule has 1 saturated heterocycles. The number of likely N-dealkylation sites (tertiary alicyclic amines) is 1. The molecule has 9 heteroatoms. The molecule has 3 atom stereocenters. The number of quaternary nitrogens is 1. The Labute approximate surface area is 121 Å². The standard InChI is InChI=1S/C12H21N4O5/c17-6-5-16(4-1-10(18)8-16)9-11(19)7-14-3-2-13-12(14)15(20)21/h2-3,10-11,17-19H,1,4-9H2/q+1. The van der Waals surface area contributed by atoms with Gasteiger partial charge in [0.05, 0.1) is 13.2 Å². The third kappa shape index (κ3) is 3.76. The summed E-state index contributed by atoms with van der Waals surface area (Å²) in [5.41, 5.74) is 0. The number of rotatable bonds is 7. The number of aromatic nitrogens is 2. The maximum absolute atomic E-state index is 10.8. The predicted molar refractivity (Wildman–Crippen MR) is 72.3 cm³/mol. The van der Waals surface area contributed by atoms with Crippen LogP contribution in [0.5, 0.6) is 0 Å². The van der Waals surface area contributed by atoms with Gasteiger partial charge in [-0.05, 0) is 4.92 Å². The fourth-order valence-electron chi connectivity index (χ4n) is 3.07. The largest absolute Gasteiger partial charge is 0.434 e. The van der Waals surface area contributed by atoms with E-state index in [-0.39, 0.29) is 19.1 Å². The molecule has 1 aliphatic heterocycles. The number of aliphatic hydroxyl groups is 3. The van der Waals surface area contributed by atoms with Crippen LogP contribution in [0, 0.1) is 10.1 Å². The zero-order valence-corrected chi connectivity index (χ0v) is 11.7. The minimum atomic E-state index is -0.810. The fraction of sp³-hybridized carbons (Fsp3) is 0.750. The summed E-state index contributed by atoms with van der Waals surface area (Å²) >= 11 is 0. The van der Waals surface area contributed by atoms with Crippen LogP contribution in [0.4, 0.5) is 5.95 Å². The molecule has 1 aliphatic rings. The molecule has 9 nitrogen and oxygen atoms in total. The molecule has 1 fully saturated rings. The first-order valence-electron chi connectivity index (χ1n) is 6.93. The van der Waals surface area contributed by atoms with Gasteiger partial charge < -0.3 is 29.9 Å². The average Bonchev–Trinajstić information content (AvgIpc) is 2.97. The van der Waals surface area contributed by atoms with Crippen LogP contribution in [-0.2, 0) is 6.54 Å². The summed E-state index contributed by atoms with van der Waals surface area (Å²) < 4.78 is 1.73. The maximum Gasteiger partial charge on any atom is 0.434 e. The lowest BCUT2D eigenvalue weighted by Gasteiger charge is -2.35. The van der Waals surface area contributed by atoms with E-state index in [9.17, 15) is 25.4 Å². The van der Waals surface area contributed by atoms with E-state index in [1.807, 2.05) is 0 Å². The topological polar surface area (TPSA) is 122 Å².